The molecule has 3 rings (SSSR count). The van der Waals surface area contributed by atoms with Gasteiger partial charge in [-0.1, -0.05) is 55.5 Å². The summed E-state index contributed by atoms with van der Waals surface area (Å²) in [5, 5.41) is 3.19. The van der Waals surface area contributed by atoms with Crippen molar-refractivity contribution < 1.29 is 9.53 Å². The van der Waals surface area contributed by atoms with Crippen LogP contribution in [0.4, 0.5) is 0 Å². The summed E-state index contributed by atoms with van der Waals surface area (Å²) in [6.07, 6.45) is 1.56. The smallest absolute Gasteiger partial charge is 0.223 e. The molecular formula is C20H23NO2. The van der Waals surface area contributed by atoms with Gasteiger partial charge in [-0.2, -0.15) is 0 Å². The largest absolute Gasteiger partial charge is 0.493 e. The van der Waals surface area contributed by atoms with Crippen molar-refractivity contribution in [1.29, 1.82) is 0 Å². The molecule has 3 atom stereocenters. The number of amides is 1. The number of carbonyl (C=O) groups is 1. The van der Waals surface area contributed by atoms with Crippen LogP contribution >= 0.6 is 0 Å². The van der Waals surface area contributed by atoms with E-state index in [0.717, 1.165) is 5.75 Å². The van der Waals surface area contributed by atoms with Crippen LogP contribution in [0, 0.1) is 11.8 Å². The Labute approximate surface area is 137 Å². The third-order valence-corrected chi connectivity index (χ3v) is 4.42. The summed E-state index contributed by atoms with van der Waals surface area (Å²) in [6.45, 7) is 2.64. The fraction of sp³-hybridized carbons (Fsp3) is 0.350. The van der Waals surface area contributed by atoms with Crippen molar-refractivity contribution in [3.05, 3.63) is 66.2 Å². The van der Waals surface area contributed by atoms with E-state index in [1.54, 1.807) is 0 Å². The molecule has 1 fully saturated rings. The summed E-state index contributed by atoms with van der Waals surface area (Å²) in [6, 6.07) is 20.0. The van der Waals surface area contributed by atoms with Gasteiger partial charge in [0.15, 0.2) is 0 Å². The zero-order valence-corrected chi connectivity index (χ0v) is 13.4. The van der Waals surface area contributed by atoms with Gasteiger partial charge in [0.25, 0.3) is 0 Å². The highest BCUT2D eigenvalue weighted by atomic mass is 16.5. The van der Waals surface area contributed by atoms with Crippen LogP contribution in [-0.2, 0) is 4.79 Å². The van der Waals surface area contributed by atoms with E-state index in [0.29, 0.717) is 24.9 Å². The molecule has 0 aliphatic heterocycles. The highest BCUT2D eigenvalue weighted by Gasteiger charge is 2.40. The van der Waals surface area contributed by atoms with Gasteiger partial charge < -0.3 is 10.1 Å². The third-order valence-electron chi connectivity index (χ3n) is 4.42. The molecule has 0 aromatic heterocycles. The van der Waals surface area contributed by atoms with Crippen molar-refractivity contribution in [3.63, 3.8) is 0 Å². The first-order valence-corrected chi connectivity index (χ1v) is 8.26. The molecule has 3 nitrogen and oxygen atoms in total. The Kier molecular flexibility index (Phi) is 4.96. The van der Waals surface area contributed by atoms with E-state index < -0.39 is 0 Å². The van der Waals surface area contributed by atoms with Crippen molar-refractivity contribution >= 4 is 5.91 Å². The molecule has 0 saturated heterocycles. The minimum absolute atomic E-state index is 0.0499. The van der Waals surface area contributed by atoms with E-state index in [2.05, 4.69) is 24.4 Å². The van der Waals surface area contributed by atoms with E-state index in [4.69, 9.17) is 4.74 Å². The van der Waals surface area contributed by atoms with E-state index in [1.807, 2.05) is 48.5 Å². The first-order valence-electron chi connectivity index (χ1n) is 8.26. The standard InChI is InChI=1S/C20H23NO2/c1-15-14-18(15)20(16-8-4-2-5-9-16)21-19(22)12-13-23-17-10-6-3-7-11-17/h2-11,15,18,20H,12-14H2,1H3,(H,21,22). The molecule has 3 heteroatoms. The van der Waals surface area contributed by atoms with Crippen LogP contribution < -0.4 is 10.1 Å². The second-order valence-corrected chi connectivity index (χ2v) is 6.24. The molecule has 0 spiro atoms. The molecule has 120 valence electrons. The summed E-state index contributed by atoms with van der Waals surface area (Å²) in [5.74, 6) is 2.09. The van der Waals surface area contributed by atoms with Gasteiger partial charge in [-0.25, -0.2) is 0 Å². The Bertz CT molecular complexity index is 627. The van der Waals surface area contributed by atoms with Crippen LogP contribution in [0.3, 0.4) is 0 Å². The van der Waals surface area contributed by atoms with Gasteiger partial charge in [-0.05, 0) is 36.0 Å². The van der Waals surface area contributed by atoms with Gasteiger partial charge in [-0.15, -0.1) is 0 Å². The lowest BCUT2D eigenvalue weighted by atomic mass is 10.0. The first kappa shape index (κ1) is 15.6. The van der Waals surface area contributed by atoms with Crippen molar-refractivity contribution in [2.75, 3.05) is 6.61 Å². The maximum absolute atomic E-state index is 12.3. The van der Waals surface area contributed by atoms with Crippen LogP contribution in [0.2, 0.25) is 0 Å². The Balaban J connectivity index is 1.52. The molecule has 1 N–H and O–H groups in total. The molecule has 0 radical (unpaired) electrons. The second kappa shape index (κ2) is 7.32. The monoisotopic (exact) mass is 309 g/mol. The number of para-hydroxylation sites is 1. The average molecular weight is 309 g/mol. The lowest BCUT2D eigenvalue weighted by Crippen LogP contribution is -2.31. The Morgan fingerprint density at radius 1 is 1.13 bits per heavy atom. The van der Waals surface area contributed by atoms with E-state index in [9.17, 15) is 4.79 Å². The van der Waals surface area contributed by atoms with Crippen molar-refractivity contribution in [1.82, 2.24) is 5.32 Å². The highest BCUT2D eigenvalue weighted by molar-refractivity contribution is 5.76. The van der Waals surface area contributed by atoms with Gasteiger partial charge >= 0.3 is 0 Å². The maximum Gasteiger partial charge on any atom is 0.223 e. The second-order valence-electron chi connectivity index (χ2n) is 6.24. The maximum atomic E-state index is 12.3. The number of ether oxygens (including phenoxy) is 1. The molecule has 1 aliphatic carbocycles. The minimum Gasteiger partial charge on any atom is -0.493 e. The molecule has 1 amide bonds. The van der Waals surface area contributed by atoms with Crippen molar-refractivity contribution in [2.45, 2.75) is 25.8 Å². The Hall–Kier alpha value is -2.29. The topological polar surface area (TPSA) is 38.3 Å². The molecular weight excluding hydrogens is 286 g/mol. The average Bonchev–Trinajstić information content (AvgIpc) is 3.31. The summed E-state index contributed by atoms with van der Waals surface area (Å²) in [4.78, 5) is 12.3. The number of carbonyl (C=O) groups excluding carboxylic acids is 1. The molecule has 0 bridgehead atoms. The predicted octanol–water partition coefficient (Wildman–Crippen LogP) is 3.97. The van der Waals surface area contributed by atoms with Crippen molar-refractivity contribution in [3.8, 4) is 5.75 Å². The number of rotatable bonds is 7. The number of hydrogen-bond acceptors (Lipinski definition) is 2. The predicted molar refractivity (Wildman–Crippen MR) is 91.2 cm³/mol. The lowest BCUT2D eigenvalue weighted by molar-refractivity contribution is -0.122. The Morgan fingerprint density at radius 2 is 1.74 bits per heavy atom. The van der Waals surface area contributed by atoms with Crippen LogP contribution in [-0.4, -0.2) is 12.5 Å². The SMILES string of the molecule is CC1CC1C(NC(=O)CCOc1ccccc1)c1ccccc1. The van der Waals surface area contributed by atoms with Crippen LogP contribution in [0.5, 0.6) is 5.75 Å². The van der Waals surface area contributed by atoms with Gasteiger partial charge in [0, 0.05) is 0 Å². The van der Waals surface area contributed by atoms with E-state index in [1.165, 1.54) is 12.0 Å². The molecule has 2 aromatic rings. The van der Waals surface area contributed by atoms with E-state index in [-0.39, 0.29) is 11.9 Å². The summed E-state index contributed by atoms with van der Waals surface area (Å²) >= 11 is 0. The van der Waals surface area contributed by atoms with Gasteiger partial charge in [0.05, 0.1) is 19.1 Å². The zero-order chi connectivity index (χ0) is 16.1. The highest BCUT2D eigenvalue weighted by Crippen LogP contribution is 2.46. The zero-order valence-electron chi connectivity index (χ0n) is 13.4. The molecule has 3 unspecified atom stereocenters. The van der Waals surface area contributed by atoms with Gasteiger partial charge in [-0.3, -0.25) is 4.79 Å². The Morgan fingerprint density at radius 3 is 2.35 bits per heavy atom. The molecule has 23 heavy (non-hydrogen) atoms. The van der Waals surface area contributed by atoms with Crippen LogP contribution in [0.1, 0.15) is 31.4 Å². The number of hydrogen-bond donors (Lipinski definition) is 1. The first-order chi connectivity index (χ1) is 11.2. The van der Waals surface area contributed by atoms with Crippen LogP contribution in [0.15, 0.2) is 60.7 Å². The summed E-state index contributed by atoms with van der Waals surface area (Å²) in [5.41, 5.74) is 1.19. The molecule has 0 heterocycles. The summed E-state index contributed by atoms with van der Waals surface area (Å²) < 4.78 is 5.60. The third kappa shape index (κ3) is 4.35. The normalized spacial score (nSPS) is 20.6. The van der Waals surface area contributed by atoms with E-state index >= 15 is 0 Å². The van der Waals surface area contributed by atoms with Gasteiger partial charge in [0.1, 0.15) is 5.75 Å². The number of nitrogens with one attached hydrogen (secondary N) is 1. The minimum atomic E-state index is 0.0499. The number of benzene rings is 2. The fourth-order valence-corrected chi connectivity index (χ4v) is 2.94. The lowest BCUT2D eigenvalue weighted by Gasteiger charge is -2.19. The fourth-order valence-electron chi connectivity index (χ4n) is 2.94. The molecule has 2 aromatic carbocycles. The molecule has 1 aliphatic rings. The summed E-state index contributed by atoms with van der Waals surface area (Å²) in [7, 11) is 0. The quantitative estimate of drug-likeness (QED) is 0.840. The van der Waals surface area contributed by atoms with Crippen molar-refractivity contribution in [2.24, 2.45) is 11.8 Å². The van der Waals surface area contributed by atoms with Crippen LogP contribution in [0.25, 0.3) is 0 Å². The molecule has 1 saturated carbocycles. The van der Waals surface area contributed by atoms with Gasteiger partial charge in [0.2, 0.25) is 5.91 Å².